The molecule has 6 nitrogen and oxygen atoms in total. The minimum Gasteiger partial charge on any atom is -0.376 e. The summed E-state index contributed by atoms with van der Waals surface area (Å²) in [7, 11) is 0. The predicted molar refractivity (Wildman–Crippen MR) is 91.8 cm³/mol. The van der Waals surface area contributed by atoms with E-state index in [0.717, 1.165) is 25.0 Å². The average Bonchev–Trinajstić information content (AvgIpc) is 3.13. The van der Waals surface area contributed by atoms with E-state index < -0.39 is 0 Å². The zero-order chi connectivity index (χ0) is 16.8. The maximum absolute atomic E-state index is 12.2. The van der Waals surface area contributed by atoms with Gasteiger partial charge >= 0.3 is 0 Å². The number of nitrogens with zero attached hydrogens (tertiary/aromatic N) is 2. The fourth-order valence-corrected chi connectivity index (χ4v) is 2.58. The molecule has 1 unspecified atom stereocenters. The monoisotopic (exact) mass is 326 g/mol. The summed E-state index contributed by atoms with van der Waals surface area (Å²) in [5, 5.41) is 6.08. The van der Waals surface area contributed by atoms with Crippen molar-refractivity contribution >= 4 is 11.7 Å². The molecule has 3 rings (SSSR count). The molecule has 0 bridgehead atoms. The Balaban J connectivity index is 1.54. The summed E-state index contributed by atoms with van der Waals surface area (Å²) in [4.78, 5) is 20.4. The molecular formula is C18H22N4O2. The Morgan fingerprint density at radius 2 is 2.12 bits per heavy atom. The first-order valence-corrected chi connectivity index (χ1v) is 8.22. The van der Waals surface area contributed by atoms with E-state index in [0.29, 0.717) is 24.6 Å². The molecule has 1 aromatic carbocycles. The van der Waals surface area contributed by atoms with Crippen LogP contribution in [0.25, 0.3) is 0 Å². The quantitative estimate of drug-likeness (QED) is 0.852. The molecule has 2 N–H and O–H groups in total. The van der Waals surface area contributed by atoms with Crippen LogP contribution >= 0.6 is 0 Å². The van der Waals surface area contributed by atoms with Crippen molar-refractivity contribution < 1.29 is 9.53 Å². The number of rotatable bonds is 6. The summed E-state index contributed by atoms with van der Waals surface area (Å²) in [6.45, 7) is 4.03. The van der Waals surface area contributed by atoms with Crippen LogP contribution in [0.5, 0.6) is 0 Å². The molecule has 24 heavy (non-hydrogen) atoms. The molecule has 2 heterocycles. The van der Waals surface area contributed by atoms with E-state index >= 15 is 0 Å². The van der Waals surface area contributed by atoms with Crippen LogP contribution in [-0.4, -0.2) is 35.1 Å². The number of hydrogen-bond acceptors (Lipinski definition) is 5. The van der Waals surface area contributed by atoms with Gasteiger partial charge in [-0.05, 0) is 25.3 Å². The molecule has 0 spiro atoms. The average molecular weight is 326 g/mol. The molecule has 1 aromatic heterocycles. The fourth-order valence-electron chi connectivity index (χ4n) is 2.58. The first kappa shape index (κ1) is 16.4. The number of aromatic nitrogens is 2. The highest BCUT2D eigenvalue weighted by Crippen LogP contribution is 2.13. The Morgan fingerprint density at radius 1 is 1.29 bits per heavy atom. The lowest BCUT2D eigenvalue weighted by Gasteiger charge is -2.11. The molecule has 6 heteroatoms. The van der Waals surface area contributed by atoms with Crippen LogP contribution in [0.15, 0.2) is 36.7 Å². The number of hydrogen-bond donors (Lipinski definition) is 2. The highest BCUT2D eigenvalue weighted by atomic mass is 16.5. The minimum atomic E-state index is -0.210. The van der Waals surface area contributed by atoms with Gasteiger partial charge in [0.1, 0.15) is 17.8 Å². The Hall–Kier alpha value is -2.47. The van der Waals surface area contributed by atoms with Crippen molar-refractivity contribution in [3.8, 4) is 0 Å². The van der Waals surface area contributed by atoms with Gasteiger partial charge in [0.15, 0.2) is 0 Å². The molecule has 126 valence electrons. The predicted octanol–water partition coefficient (Wildman–Crippen LogP) is 2.31. The third-order valence-electron chi connectivity index (χ3n) is 4.01. The highest BCUT2D eigenvalue weighted by molar-refractivity contribution is 5.92. The number of benzene rings is 1. The van der Waals surface area contributed by atoms with E-state index in [1.807, 2.05) is 31.2 Å². The Kier molecular flexibility index (Phi) is 5.38. The number of nitrogens with one attached hydrogen (secondary N) is 2. The third kappa shape index (κ3) is 4.52. The molecule has 1 amide bonds. The van der Waals surface area contributed by atoms with Crippen LogP contribution in [0.4, 0.5) is 5.82 Å². The van der Waals surface area contributed by atoms with Gasteiger partial charge in [0.2, 0.25) is 0 Å². The van der Waals surface area contributed by atoms with Crippen LogP contribution in [0.2, 0.25) is 0 Å². The van der Waals surface area contributed by atoms with Crippen molar-refractivity contribution in [2.24, 2.45) is 0 Å². The maximum atomic E-state index is 12.2. The molecule has 0 radical (unpaired) electrons. The van der Waals surface area contributed by atoms with E-state index in [-0.39, 0.29) is 12.0 Å². The smallest absolute Gasteiger partial charge is 0.270 e. The number of amides is 1. The zero-order valence-corrected chi connectivity index (χ0v) is 13.8. The second kappa shape index (κ2) is 7.88. The van der Waals surface area contributed by atoms with E-state index in [9.17, 15) is 4.79 Å². The number of ether oxygens (including phenoxy) is 1. The second-order valence-electron chi connectivity index (χ2n) is 5.97. The second-order valence-corrected chi connectivity index (χ2v) is 5.97. The zero-order valence-electron chi connectivity index (χ0n) is 13.8. The normalized spacial score (nSPS) is 16.8. The summed E-state index contributed by atoms with van der Waals surface area (Å²) >= 11 is 0. The van der Waals surface area contributed by atoms with Crippen LogP contribution in [0, 0.1) is 6.92 Å². The summed E-state index contributed by atoms with van der Waals surface area (Å²) < 4.78 is 5.56. The van der Waals surface area contributed by atoms with Crippen LogP contribution < -0.4 is 10.6 Å². The number of anilines is 1. The topological polar surface area (TPSA) is 76.1 Å². The molecule has 2 aromatic rings. The SMILES string of the molecule is Cc1ccc(CNC(=O)c2cc(NCC3CCCO3)ncn2)cc1. The Labute approximate surface area is 141 Å². The van der Waals surface area contributed by atoms with Crippen molar-refractivity contribution in [2.75, 3.05) is 18.5 Å². The lowest BCUT2D eigenvalue weighted by molar-refractivity contribution is 0.0946. The fraction of sp³-hybridized carbons (Fsp3) is 0.389. The number of carbonyl (C=O) groups is 1. The van der Waals surface area contributed by atoms with Crippen LogP contribution in [0.1, 0.15) is 34.5 Å². The molecule has 1 fully saturated rings. The van der Waals surface area contributed by atoms with Gasteiger partial charge in [-0.1, -0.05) is 29.8 Å². The summed E-state index contributed by atoms with van der Waals surface area (Å²) in [5.74, 6) is 0.430. The number of carbonyl (C=O) groups excluding carboxylic acids is 1. The molecule has 0 saturated carbocycles. The van der Waals surface area contributed by atoms with Crippen LogP contribution in [-0.2, 0) is 11.3 Å². The molecule has 1 atom stereocenters. The van der Waals surface area contributed by atoms with Gasteiger partial charge in [-0.15, -0.1) is 0 Å². The number of aryl methyl sites for hydroxylation is 1. The minimum absolute atomic E-state index is 0.210. The molecule has 1 aliphatic rings. The lowest BCUT2D eigenvalue weighted by atomic mass is 10.1. The summed E-state index contributed by atoms with van der Waals surface area (Å²) in [5.41, 5.74) is 2.61. The van der Waals surface area contributed by atoms with E-state index in [1.165, 1.54) is 11.9 Å². The van der Waals surface area contributed by atoms with Crippen molar-refractivity contribution in [1.29, 1.82) is 0 Å². The standard InChI is InChI=1S/C18H22N4O2/c1-13-4-6-14(7-5-13)10-20-18(23)16-9-17(22-12-21-16)19-11-15-3-2-8-24-15/h4-7,9,12,15H,2-3,8,10-11H2,1H3,(H,20,23)(H,19,21,22). The van der Waals surface area contributed by atoms with Gasteiger partial charge in [-0.2, -0.15) is 0 Å². The maximum Gasteiger partial charge on any atom is 0.270 e. The van der Waals surface area contributed by atoms with E-state index in [2.05, 4.69) is 20.6 Å². The van der Waals surface area contributed by atoms with Gasteiger partial charge < -0.3 is 15.4 Å². The Bertz CT molecular complexity index is 682. The van der Waals surface area contributed by atoms with Gasteiger partial charge in [-0.25, -0.2) is 9.97 Å². The van der Waals surface area contributed by atoms with Gasteiger partial charge in [0.05, 0.1) is 6.10 Å². The molecular weight excluding hydrogens is 304 g/mol. The molecule has 1 saturated heterocycles. The highest BCUT2D eigenvalue weighted by Gasteiger charge is 2.15. The van der Waals surface area contributed by atoms with Gasteiger partial charge in [0.25, 0.3) is 5.91 Å². The Morgan fingerprint density at radius 3 is 2.88 bits per heavy atom. The van der Waals surface area contributed by atoms with Crippen molar-refractivity contribution in [3.63, 3.8) is 0 Å². The molecule has 0 aliphatic carbocycles. The van der Waals surface area contributed by atoms with E-state index in [4.69, 9.17) is 4.74 Å². The van der Waals surface area contributed by atoms with E-state index in [1.54, 1.807) is 6.07 Å². The third-order valence-corrected chi connectivity index (χ3v) is 4.01. The van der Waals surface area contributed by atoms with Crippen LogP contribution in [0.3, 0.4) is 0 Å². The first-order valence-electron chi connectivity index (χ1n) is 8.22. The van der Waals surface area contributed by atoms with Crippen molar-refractivity contribution in [2.45, 2.75) is 32.4 Å². The summed E-state index contributed by atoms with van der Waals surface area (Å²) in [6.07, 6.45) is 3.78. The molecule has 1 aliphatic heterocycles. The van der Waals surface area contributed by atoms with Gasteiger partial charge in [-0.3, -0.25) is 4.79 Å². The van der Waals surface area contributed by atoms with Crippen molar-refractivity contribution in [3.05, 3.63) is 53.5 Å². The largest absolute Gasteiger partial charge is 0.376 e. The van der Waals surface area contributed by atoms with Gasteiger partial charge in [0, 0.05) is 25.8 Å². The lowest BCUT2D eigenvalue weighted by Crippen LogP contribution is -2.24. The van der Waals surface area contributed by atoms with Crippen molar-refractivity contribution in [1.82, 2.24) is 15.3 Å². The summed E-state index contributed by atoms with van der Waals surface area (Å²) in [6, 6.07) is 9.73. The first-order chi connectivity index (χ1) is 11.7.